The summed E-state index contributed by atoms with van der Waals surface area (Å²) in [7, 11) is 0. The highest BCUT2D eigenvalue weighted by molar-refractivity contribution is 5.85. The lowest BCUT2D eigenvalue weighted by molar-refractivity contribution is -0.197. The highest BCUT2D eigenvalue weighted by Gasteiger charge is 2.58. The number of anilines is 2. The molecule has 2 fully saturated rings. The second-order valence-corrected chi connectivity index (χ2v) is 13.0. The Kier molecular flexibility index (Phi) is 9.72. The molecule has 13 heteroatoms. The molecule has 2 aromatic carbocycles. The molecule has 7 rings (SSSR count). The van der Waals surface area contributed by atoms with Crippen LogP contribution in [0, 0.1) is 0 Å². The summed E-state index contributed by atoms with van der Waals surface area (Å²) in [6.45, 7) is 6.31. The van der Waals surface area contributed by atoms with Crippen LogP contribution >= 0.6 is 0 Å². The molecule has 5 aromatic rings. The summed E-state index contributed by atoms with van der Waals surface area (Å²) in [4.78, 5) is 31.9. The Morgan fingerprint density at radius 3 is 2.36 bits per heavy atom. The molecule has 0 spiro atoms. The largest absolute Gasteiger partial charge is 0.394 e. The highest BCUT2D eigenvalue weighted by Crippen LogP contribution is 2.44. The molecule has 2 saturated heterocycles. The average Bonchev–Trinajstić information content (AvgIpc) is 3.80. The van der Waals surface area contributed by atoms with E-state index in [0.717, 1.165) is 16.7 Å². The van der Waals surface area contributed by atoms with Gasteiger partial charge in [-0.1, -0.05) is 66.7 Å². The fourth-order valence-corrected chi connectivity index (χ4v) is 6.72. The number of aliphatic hydroxyl groups is 1. The second-order valence-electron chi connectivity index (χ2n) is 13.0. The van der Waals surface area contributed by atoms with E-state index in [9.17, 15) is 9.90 Å². The lowest BCUT2D eigenvalue weighted by Gasteiger charge is -2.24. The number of hydrogen-bond donors (Lipinski definition) is 4. The van der Waals surface area contributed by atoms with Gasteiger partial charge in [0.15, 0.2) is 35.1 Å². The molecule has 2 aliphatic rings. The predicted molar refractivity (Wildman–Crippen MR) is 187 cm³/mol. The minimum absolute atomic E-state index is 0.0136. The molecule has 2 aliphatic heterocycles. The Labute approximate surface area is 290 Å². The number of pyridine rings is 1. The van der Waals surface area contributed by atoms with Gasteiger partial charge in [-0.25, -0.2) is 4.98 Å². The minimum atomic E-state index is -0.919. The van der Waals surface area contributed by atoms with Crippen molar-refractivity contribution in [1.82, 2.24) is 29.8 Å². The smallest absolute Gasteiger partial charge is 0.252 e. The number of amides is 1. The van der Waals surface area contributed by atoms with Crippen LogP contribution in [0.3, 0.4) is 0 Å². The molecule has 5 atom stereocenters. The maximum Gasteiger partial charge on any atom is 0.252 e. The average molecular weight is 679 g/mol. The molecule has 5 heterocycles. The molecule has 1 amide bonds. The summed E-state index contributed by atoms with van der Waals surface area (Å²) in [5.41, 5.74) is 4.25. The van der Waals surface area contributed by atoms with Crippen LogP contribution in [0.2, 0.25) is 0 Å². The fraction of sp³-hybridized carbons (Fsp3) is 0.378. The number of nitrogens with zero attached hydrogens (tertiary/aromatic N) is 5. The first-order valence-corrected chi connectivity index (χ1v) is 17.0. The van der Waals surface area contributed by atoms with E-state index < -0.39 is 36.4 Å². The van der Waals surface area contributed by atoms with Crippen LogP contribution in [0.5, 0.6) is 0 Å². The predicted octanol–water partition coefficient (Wildman–Crippen LogP) is 4.03. The van der Waals surface area contributed by atoms with Gasteiger partial charge in [-0.15, -0.1) is 0 Å². The Bertz CT molecular complexity index is 1850. The number of imidazole rings is 1. The van der Waals surface area contributed by atoms with E-state index in [1.807, 2.05) is 69.3 Å². The molecule has 50 heavy (non-hydrogen) atoms. The van der Waals surface area contributed by atoms with E-state index in [4.69, 9.17) is 29.2 Å². The Morgan fingerprint density at radius 2 is 1.70 bits per heavy atom. The number of carbonyl (C=O) groups excluding carboxylic acids is 1. The van der Waals surface area contributed by atoms with Gasteiger partial charge in [-0.2, -0.15) is 9.97 Å². The maximum atomic E-state index is 13.1. The van der Waals surface area contributed by atoms with Crippen molar-refractivity contribution in [2.45, 2.75) is 69.5 Å². The van der Waals surface area contributed by atoms with Crippen molar-refractivity contribution >= 4 is 28.8 Å². The van der Waals surface area contributed by atoms with Crippen LogP contribution in [0.25, 0.3) is 11.2 Å². The number of hydrogen-bond acceptors (Lipinski definition) is 11. The van der Waals surface area contributed by atoms with Crippen LogP contribution in [0.15, 0.2) is 91.5 Å². The van der Waals surface area contributed by atoms with Crippen molar-refractivity contribution in [1.29, 1.82) is 0 Å². The summed E-state index contributed by atoms with van der Waals surface area (Å²) < 4.78 is 20.6. The summed E-state index contributed by atoms with van der Waals surface area (Å²) >= 11 is 0. The fourth-order valence-electron chi connectivity index (χ4n) is 6.72. The van der Waals surface area contributed by atoms with Gasteiger partial charge in [0.1, 0.15) is 12.2 Å². The van der Waals surface area contributed by atoms with E-state index in [1.54, 1.807) is 23.3 Å². The van der Waals surface area contributed by atoms with Gasteiger partial charge in [0.25, 0.3) is 5.91 Å². The van der Waals surface area contributed by atoms with Crippen molar-refractivity contribution < 1.29 is 24.1 Å². The topological polar surface area (TPSA) is 158 Å². The minimum Gasteiger partial charge on any atom is -0.394 e. The maximum absolute atomic E-state index is 13.1. The number of aromatic nitrogens is 5. The van der Waals surface area contributed by atoms with Gasteiger partial charge in [0, 0.05) is 31.4 Å². The van der Waals surface area contributed by atoms with Gasteiger partial charge in [0.05, 0.1) is 19.0 Å². The Hall–Kier alpha value is -4.95. The monoisotopic (exact) mass is 678 g/mol. The van der Waals surface area contributed by atoms with E-state index in [1.165, 1.54) is 0 Å². The van der Waals surface area contributed by atoms with Crippen molar-refractivity contribution in [2.75, 3.05) is 30.3 Å². The number of likely N-dealkylation sites (N-methyl/N-ethyl adjacent to an activating group) is 1. The third-order valence-electron chi connectivity index (χ3n) is 8.97. The zero-order valence-corrected chi connectivity index (χ0v) is 28.3. The third kappa shape index (κ3) is 7.03. The van der Waals surface area contributed by atoms with Crippen LogP contribution in [-0.2, 0) is 25.4 Å². The molecule has 0 bridgehead atoms. The quantitative estimate of drug-likeness (QED) is 0.143. The van der Waals surface area contributed by atoms with Crippen molar-refractivity contribution in [3.63, 3.8) is 0 Å². The van der Waals surface area contributed by atoms with Gasteiger partial charge in [0.2, 0.25) is 5.95 Å². The van der Waals surface area contributed by atoms with Crippen LogP contribution in [0.4, 0.5) is 11.8 Å². The molecule has 0 radical (unpaired) electrons. The number of nitrogens with one attached hydrogen (secondary N) is 3. The first kappa shape index (κ1) is 33.5. The van der Waals surface area contributed by atoms with Crippen LogP contribution < -0.4 is 16.0 Å². The molecule has 0 aliphatic carbocycles. The van der Waals surface area contributed by atoms with Gasteiger partial charge in [-0.05, 0) is 49.9 Å². The van der Waals surface area contributed by atoms with Gasteiger partial charge in [-0.3, -0.25) is 14.3 Å². The molecule has 1 unspecified atom stereocenters. The van der Waals surface area contributed by atoms with E-state index in [-0.39, 0.29) is 18.4 Å². The lowest BCUT2D eigenvalue weighted by Crippen LogP contribution is -2.42. The summed E-state index contributed by atoms with van der Waals surface area (Å²) in [6.07, 6.45) is 2.73. The van der Waals surface area contributed by atoms with Crippen molar-refractivity contribution in [3.8, 4) is 0 Å². The standard InChI is InChI=1S/C37H42N8O5/c1-4-39-34(47)30-29-31(50-37(2,3)49-29)35(48-30)45-22-41-28-32(40-20-27(24-13-7-5-8-14-24)25-15-9-6-10-16-25)43-36(44-33(28)45)42-26(21-46)18-23-12-11-17-38-19-23/h5-17,19,22,26-27,29-31,35,46H,4,18,20-21H2,1-3H3,(H,39,47)(H2,40,42,43,44)/t26?,29-,30+,31-,35+/m1/s1. The number of ether oxygens (including phenoxy) is 3. The van der Waals surface area contributed by atoms with E-state index in [2.05, 4.69) is 45.2 Å². The zero-order valence-electron chi connectivity index (χ0n) is 28.3. The molecular formula is C37H42N8O5. The number of carbonyl (C=O) groups is 1. The molecule has 4 N–H and O–H groups in total. The van der Waals surface area contributed by atoms with Crippen molar-refractivity contribution in [2.24, 2.45) is 0 Å². The highest BCUT2D eigenvalue weighted by atomic mass is 16.8. The summed E-state index contributed by atoms with van der Waals surface area (Å²) in [5, 5.41) is 20.1. The first-order chi connectivity index (χ1) is 24.3. The SMILES string of the molecule is CCNC(=O)[C@H]1O[C@H](n2cnc3c(NCC(c4ccccc4)c4ccccc4)nc(NC(CO)Cc4cccnc4)nc32)[C@@H]2OC(C)(C)O[C@@H]21. The number of benzene rings is 2. The first-order valence-electron chi connectivity index (χ1n) is 17.0. The van der Waals surface area contributed by atoms with Crippen LogP contribution in [0.1, 0.15) is 49.6 Å². The van der Waals surface area contributed by atoms with E-state index >= 15 is 0 Å². The zero-order chi connectivity index (χ0) is 34.7. The molecule has 13 nitrogen and oxygen atoms in total. The van der Waals surface area contributed by atoms with Gasteiger partial charge >= 0.3 is 0 Å². The third-order valence-corrected chi connectivity index (χ3v) is 8.97. The lowest BCUT2D eigenvalue weighted by atomic mass is 9.91. The Morgan fingerprint density at radius 1 is 0.980 bits per heavy atom. The molecule has 260 valence electrons. The summed E-state index contributed by atoms with van der Waals surface area (Å²) in [5.74, 6) is -0.384. The Balaban J connectivity index is 1.26. The molecular weight excluding hydrogens is 636 g/mol. The number of fused-ring (bicyclic) bond motifs is 2. The molecule has 0 saturated carbocycles. The second kappa shape index (κ2) is 14.5. The van der Waals surface area contributed by atoms with Gasteiger partial charge < -0.3 is 35.3 Å². The van der Waals surface area contributed by atoms with Crippen molar-refractivity contribution in [3.05, 3.63) is 108 Å². The number of rotatable bonds is 13. The molecule has 3 aromatic heterocycles. The van der Waals surface area contributed by atoms with Crippen LogP contribution in [-0.4, -0.2) is 85.4 Å². The van der Waals surface area contributed by atoms with E-state index in [0.29, 0.717) is 42.4 Å². The normalized spacial score (nSPS) is 21.6. The number of aliphatic hydroxyl groups excluding tert-OH is 1. The summed E-state index contributed by atoms with van der Waals surface area (Å²) in [6, 6.07) is 24.0.